The third kappa shape index (κ3) is 2.17. The Labute approximate surface area is 68.2 Å². The smallest absolute Gasteiger partial charge is 0.0299 e. The van der Waals surface area contributed by atoms with Gasteiger partial charge in [0.2, 0.25) is 0 Å². The molecule has 0 amide bonds. The molecule has 0 aromatic rings. The summed E-state index contributed by atoms with van der Waals surface area (Å²) in [6.45, 7) is 6.25. The van der Waals surface area contributed by atoms with E-state index in [9.17, 15) is 0 Å². The fourth-order valence-corrected chi connectivity index (χ4v) is 1.96. The first-order valence-electron chi connectivity index (χ1n) is 4.12. The zero-order valence-electron chi connectivity index (χ0n) is 6.97. The summed E-state index contributed by atoms with van der Waals surface area (Å²) < 4.78 is 0. The molecule has 1 fully saturated rings. The summed E-state index contributed by atoms with van der Waals surface area (Å²) in [7, 11) is 0. The highest BCUT2D eigenvalue weighted by atomic mass is 32.2. The second kappa shape index (κ2) is 4.24. The molecule has 1 aliphatic heterocycles. The topological polar surface area (TPSA) is 3.24 Å². The van der Waals surface area contributed by atoms with E-state index in [4.69, 9.17) is 0 Å². The van der Waals surface area contributed by atoms with Gasteiger partial charge in [0.05, 0.1) is 0 Å². The Morgan fingerprint density at radius 3 is 2.70 bits per heavy atom. The van der Waals surface area contributed by atoms with Gasteiger partial charge in [0.15, 0.2) is 0 Å². The van der Waals surface area contributed by atoms with Crippen molar-refractivity contribution in [3.05, 3.63) is 0 Å². The van der Waals surface area contributed by atoms with Crippen LogP contribution in [0.1, 0.15) is 19.8 Å². The van der Waals surface area contributed by atoms with Gasteiger partial charge in [-0.25, -0.2) is 0 Å². The summed E-state index contributed by atoms with van der Waals surface area (Å²) in [6, 6.07) is 0. The standard InChI is InChI=1S/C8H17NS/c1-3-4-5-9-6-8(7-9)10-2/h8H,3-7H2,1-2H3. The first-order valence-corrected chi connectivity index (χ1v) is 5.40. The highest BCUT2D eigenvalue weighted by Crippen LogP contribution is 2.19. The number of hydrogen-bond acceptors (Lipinski definition) is 2. The second-order valence-electron chi connectivity index (χ2n) is 2.97. The highest BCUT2D eigenvalue weighted by Gasteiger charge is 2.24. The minimum Gasteiger partial charge on any atom is -0.301 e. The van der Waals surface area contributed by atoms with E-state index in [2.05, 4.69) is 18.1 Å². The van der Waals surface area contributed by atoms with Crippen LogP contribution < -0.4 is 0 Å². The van der Waals surface area contributed by atoms with Gasteiger partial charge in [0, 0.05) is 18.3 Å². The van der Waals surface area contributed by atoms with Crippen molar-refractivity contribution in [1.29, 1.82) is 0 Å². The lowest BCUT2D eigenvalue weighted by Crippen LogP contribution is -2.48. The van der Waals surface area contributed by atoms with Crippen LogP contribution in [0.3, 0.4) is 0 Å². The molecule has 60 valence electrons. The van der Waals surface area contributed by atoms with E-state index in [1.165, 1.54) is 32.5 Å². The number of likely N-dealkylation sites (tertiary alicyclic amines) is 1. The maximum atomic E-state index is 2.55. The first-order chi connectivity index (χ1) is 4.86. The normalized spacial score (nSPS) is 21.0. The van der Waals surface area contributed by atoms with Crippen molar-refractivity contribution in [2.45, 2.75) is 25.0 Å². The van der Waals surface area contributed by atoms with Crippen LogP contribution in [-0.4, -0.2) is 36.0 Å². The van der Waals surface area contributed by atoms with Crippen molar-refractivity contribution >= 4 is 11.8 Å². The minimum atomic E-state index is 0.942. The van der Waals surface area contributed by atoms with Crippen molar-refractivity contribution in [2.75, 3.05) is 25.9 Å². The maximum Gasteiger partial charge on any atom is 0.0299 e. The Morgan fingerprint density at radius 1 is 1.50 bits per heavy atom. The fraction of sp³-hybridized carbons (Fsp3) is 1.00. The summed E-state index contributed by atoms with van der Waals surface area (Å²) in [5.41, 5.74) is 0. The molecule has 1 aliphatic rings. The molecule has 2 heteroatoms. The average molecular weight is 159 g/mol. The zero-order valence-corrected chi connectivity index (χ0v) is 7.78. The average Bonchev–Trinajstić information content (AvgIpc) is 1.86. The van der Waals surface area contributed by atoms with Crippen LogP contribution in [0.15, 0.2) is 0 Å². The van der Waals surface area contributed by atoms with Crippen molar-refractivity contribution in [3.8, 4) is 0 Å². The van der Waals surface area contributed by atoms with Crippen molar-refractivity contribution < 1.29 is 0 Å². The highest BCUT2D eigenvalue weighted by molar-refractivity contribution is 7.99. The van der Waals surface area contributed by atoms with Gasteiger partial charge in [-0.15, -0.1) is 0 Å². The predicted octanol–water partition coefficient (Wildman–Crippen LogP) is 1.83. The first kappa shape index (κ1) is 8.41. The van der Waals surface area contributed by atoms with Crippen LogP contribution in [-0.2, 0) is 0 Å². The van der Waals surface area contributed by atoms with E-state index < -0.39 is 0 Å². The summed E-state index contributed by atoms with van der Waals surface area (Å²) in [4.78, 5) is 2.55. The molecule has 1 heterocycles. The third-order valence-corrected chi connectivity index (χ3v) is 3.05. The van der Waals surface area contributed by atoms with E-state index in [1.54, 1.807) is 0 Å². The SMILES string of the molecule is CCCCN1CC(SC)C1. The van der Waals surface area contributed by atoms with E-state index in [-0.39, 0.29) is 0 Å². The van der Waals surface area contributed by atoms with E-state index in [0.717, 1.165) is 5.25 Å². The maximum absolute atomic E-state index is 2.55. The Morgan fingerprint density at radius 2 is 2.20 bits per heavy atom. The lowest BCUT2D eigenvalue weighted by molar-refractivity contribution is 0.188. The van der Waals surface area contributed by atoms with Crippen LogP contribution in [0.5, 0.6) is 0 Å². The van der Waals surface area contributed by atoms with Gasteiger partial charge in [-0.2, -0.15) is 11.8 Å². The fourth-order valence-electron chi connectivity index (χ4n) is 1.24. The summed E-state index contributed by atoms with van der Waals surface area (Å²) >= 11 is 2.01. The number of rotatable bonds is 4. The zero-order chi connectivity index (χ0) is 7.40. The van der Waals surface area contributed by atoms with Crippen LogP contribution >= 0.6 is 11.8 Å². The largest absolute Gasteiger partial charge is 0.301 e. The summed E-state index contributed by atoms with van der Waals surface area (Å²) in [6.07, 6.45) is 4.92. The van der Waals surface area contributed by atoms with Crippen molar-refractivity contribution in [1.82, 2.24) is 4.90 Å². The van der Waals surface area contributed by atoms with Crippen molar-refractivity contribution in [2.24, 2.45) is 0 Å². The lowest BCUT2D eigenvalue weighted by atomic mass is 10.2. The second-order valence-corrected chi connectivity index (χ2v) is 4.11. The number of nitrogens with zero attached hydrogens (tertiary/aromatic N) is 1. The molecule has 0 N–H and O–H groups in total. The number of unbranched alkanes of at least 4 members (excludes halogenated alkanes) is 1. The van der Waals surface area contributed by atoms with E-state index >= 15 is 0 Å². The molecule has 0 bridgehead atoms. The molecule has 1 nitrogen and oxygen atoms in total. The van der Waals surface area contributed by atoms with Crippen molar-refractivity contribution in [3.63, 3.8) is 0 Å². The molecule has 10 heavy (non-hydrogen) atoms. The van der Waals surface area contributed by atoms with Gasteiger partial charge in [-0.05, 0) is 19.2 Å². The van der Waals surface area contributed by atoms with Gasteiger partial charge in [-0.3, -0.25) is 0 Å². The molecule has 0 radical (unpaired) electrons. The van der Waals surface area contributed by atoms with Crippen LogP contribution in [0.4, 0.5) is 0 Å². The summed E-state index contributed by atoms with van der Waals surface area (Å²) in [5.74, 6) is 0. The third-order valence-electron chi connectivity index (χ3n) is 2.08. The van der Waals surface area contributed by atoms with Gasteiger partial charge in [0.25, 0.3) is 0 Å². The monoisotopic (exact) mass is 159 g/mol. The van der Waals surface area contributed by atoms with Gasteiger partial charge in [-0.1, -0.05) is 13.3 Å². The minimum absolute atomic E-state index is 0.942. The Hall–Kier alpha value is 0.310. The quantitative estimate of drug-likeness (QED) is 0.615. The molecule has 1 rings (SSSR count). The summed E-state index contributed by atoms with van der Waals surface area (Å²) in [5, 5.41) is 0.942. The molecule has 0 aromatic heterocycles. The van der Waals surface area contributed by atoms with E-state index in [0.29, 0.717) is 0 Å². The Kier molecular flexibility index (Phi) is 3.57. The molecular formula is C8H17NS. The van der Waals surface area contributed by atoms with Gasteiger partial charge >= 0.3 is 0 Å². The van der Waals surface area contributed by atoms with E-state index in [1.807, 2.05) is 11.8 Å². The Bertz CT molecular complexity index is 86.5. The number of thioether (sulfide) groups is 1. The Balaban J connectivity index is 1.93. The molecule has 0 saturated carbocycles. The van der Waals surface area contributed by atoms with Crippen LogP contribution in [0, 0.1) is 0 Å². The molecule has 1 saturated heterocycles. The van der Waals surface area contributed by atoms with Gasteiger partial charge < -0.3 is 4.90 Å². The predicted molar refractivity (Wildman–Crippen MR) is 48.7 cm³/mol. The van der Waals surface area contributed by atoms with Gasteiger partial charge in [0.1, 0.15) is 0 Å². The van der Waals surface area contributed by atoms with Crippen LogP contribution in [0.25, 0.3) is 0 Å². The molecule has 0 aliphatic carbocycles. The molecule has 0 aromatic carbocycles. The molecular weight excluding hydrogens is 142 g/mol. The van der Waals surface area contributed by atoms with Crippen LogP contribution in [0.2, 0.25) is 0 Å². The molecule has 0 atom stereocenters. The molecule has 0 unspecified atom stereocenters. The number of hydrogen-bond donors (Lipinski definition) is 0. The lowest BCUT2D eigenvalue weighted by Gasteiger charge is -2.38. The molecule has 0 spiro atoms.